The summed E-state index contributed by atoms with van der Waals surface area (Å²) in [7, 11) is 0. The highest BCUT2D eigenvalue weighted by Crippen LogP contribution is 2.21. The number of hydrogen-bond acceptors (Lipinski definition) is 3. The Morgan fingerprint density at radius 1 is 1.10 bits per heavy atom. The van der Waals surface area contributed by atoms with Crippen LogP contribution in [0.4, 0.5) is 11.5 Å². The zero-order chi connectivity index (χ0) is 14.8. The van der Waals surface area contributed by atoms with Crippen molar-refractivity contribution < 1.29 is 4.79 Å². The Labute approximate surface area is 122 Å². The molecule has 3 rings (SSSR count). The largest absolute Gasteiger partial charge is 0.384 e. The molecule has 0 saturated carbocycles. The molecule has 0 spiro atoms. The molecule has 0 unspecified atom stereocenters. The molecule has 1 aromatic heterocycles. The van der Waals surface area contributed by atoms with Crippen molar-refractivity contribution in [2.24, 2.45) is 0 Å². The molecule has 21 heavy (non-hydrogen) atoms. The molecule has 2 aromatic carbocycles. The van der Waals surface area contributed by atoms with Crippen molar-refractivity contribution in [3.63, 3.8) is 0 Å². The molecular weight excluding hydrogens is 262 g/mol. The number of hydrogen-bond donors (Lipinski definition) is 2. The predicted octanol–water partition coefficient (Wildman–Crippen LogP) is 3.38. The number of anilines is 2. The Balaban J connectivity index is 2.04. The highest BCUT2D eigenvalue weighted by atomic mass is 16.1. The number of carbonyl (C=O) groups is 1. The molecule has 0 aliphatic rings. The van der Waals surface area contributed by atoms with E-state index in [4.69, 9.17) is 5.73 Å². The molecule has 3 N–H and O–H groups in total. The van der Waals surface area contributed by atoms with Crippen LogP contribution in [0.25, 0.3) is 10.9 Å². The van der Waals surface area contributed by atoms with E-state index in [2.05, 4.69) is 10.3 Å². The summed E-state index contributed by atoms with van der Waals surface area (Å²) in [5.41, 5.74) is 8.84. The third-order valence-electron chi connectivity index (χ3n) is 3.37. The van der Waals surface area contributed by atoms with E-state index in [0.29, 0.717) is 16.9 Å². The van der Waals surface area contributed by atoms with Crippen LogP contribution in [0.1, 0.15) is 15.9 Å². The van der Waals surface area contributed by atoms with Gasteiger partial charge < -0.3 is 11.1 Å². The summed E-state index contributed by atoms with van der Waals surface area (Å²) in [6, 6.07) is 16.7. The molecule has 3 aromatic rings. The van der Waals surface area contributed by atoms with Crippen LogP contribution in [0.5, 0.6) is 0 Å². The molecule has 0 bridgehead atoms. The van der Waals surface area contributed by atoms with E-state index in [-0.39, 0.29) is 5.91 Å². The summed E-state index contributed by atoms with van der Waals surface area (Å²) >= 11 is 0. The van der Waals surface area contributed by atoms with Crippen LogP contribution < -0.4 is 11.1 Å². The van der Waals surface area contributed by atoms with Gasteiger partial charge in [-0.1, -0.05) is 36.4 Å². The van der Waals surface area contributed by atoms with Gasteiger partial charge in [0, 0.05) is 11.1 Å². The minimum absolute atomic E-state index is 0.186. The van der Waals surface area contributed by atoms with E-state index in [9.17, 15) is 4.79 Å². The summed E-state index contributed by atoms with van der Waals surface area (Å²) in [4.78, 5) is 16.8. The Morgan fingerprint density at radius 3 is 2.62 bits per heavy atom. The van der Waals surface area contributed by atoms with Crippen LogP contribution in [0.2, 0.25) is 0 Å². The van der Waals surface area contributed by atoms with Crippen LogP contribution in [-0.2, 0) is 0 Å². The average Bonchev–Trinajstić information content (AvgIpc) is 2.48. The zero-order valence-electron chi connectivity index (χ0n) is 11.6. The Bertz CT molecular complexity index is 827. The highest BCUT2D eigenvalue weighted by molar-refractivity contribution is 6.13. The second kappa shape index (κ2) is 5.25. The summed E-state index contributed by atoms with van der Waals surface area (Å²) in [5, 5.41) is 3.71. The summed E-state index contributed by atoms with van der Waals surface area (Å²) < 4.78 is 0. The van der Waals surface area contributed by atoms with Crippen LogP contribution in [-0.4, -0.2) is 10.9 Å². The standard InChI is InChI=1S/C17H15N3O/c1-11-6-2-4-8-14(11)20-17(21)13-10-16(18)19-15-9-5-3-7-12(13)15/h2-10H,1H3,(H2,18,19)(H,20,21). The predicted molar refractivity (Wildman–Crippen MR) is 85.3 cm³/mol. The molecule has 1 amide bonds. The Kier molecular flexibility index (Phi) is 3.28. The van der Waals surface area contributed by atoms with Crippen LogP contribution >= 0.6 is 0 Å². The number of rotatable bonds is 2. The van der Waals surface area contributed by atoms with Gasteiger partial charge in [0.25, 0.3) is 5.91 Å². The highest BCUT2D eigenvalue weighted by Gasteiger charge is 2.13. The van der Waals surface area contributed by atoms with E-state index in [0.717, 1.165) is 16.6 Å². The van der Waals surface area contributed by atoms with Gasteiger partial charge in [-0.15, -0.1) is 0 Å². The molecule has 0 atom stereocenters. The van der Waals surface area contributed by atoms with E-state index in [1.165, 1.54) is 0 Å². The first-order chi connectivity index (χ1) is 10.1. The third-order valence-corrected chi connectivity index (χ3v) is 3.37. The number of carbonyl (C=O) groups excluding carboxylic acids is 1. The van der Waals surface area contributed by atoms with Crippen LogP contribution in [0.3, 0.4) is 0 Å². The number of nitrogen functional groups attached to an aromatic ring is 1. The molecule has 104 valence electrons. The van der Waals surface area contributed by atoms with Gasteiger partial charge in [-0.05, 0) is 30.7 Å². The molecule has 0 radical (unpaired) electrons. The fraction of sp³-hybridized carbons (Fsp3) is 0.0588. The van der Waals surface area contributed by atoms with Gasteiger partial charge in [0.05, 0.1) is 11.1 Å². The number of amides is 1. The number of aromatic nitrogens is 1. The normalized spacial score (nSPS) is 10.5. The van der Waals surface area contributed by atoms with Crippen molar-refractivity contribution >= 4 is 28.3 Å². The molecule has 0 saturated heterocycles. The SMILES string of the molecule is Cc1ccccc1NC(=O)c1cc(N)nc2ccccc12. The number of aryl methyl sites for hydroxylation is 1. The first-order valence-electron chi connectivity index (χ1n) is 6.67. The first-order valence-corrected chi connectivity index (χ1v) is 6.67. The van der Waals surface area contributed by atoms with E-state index in [1.807, 2.05) is 55.5 Å². The number of benzene rings is 2. The van der Waals surface area contributed by atoms with Gasteiger partial charge >= 0.3 is 0 Å². The lowest BCUT2D eigenvalue weighted by Gasteiger charge is -2.10. The number of pyridine rings is 1. The van der Waals surface area contributed by atoms with E-state index < -0.39 is 0 Å². The zero-order valence-corrected chi connectivity index (χ0v) is 11.6. The first kappa shape index (κ1) is 13.1. The fourth-order valence-electron chi connectivity index (χ4n) is 2.29. The Morgan fingerprint density at radius 2 is 1.81 bits per heavy atom. The molecule has 0 aliphatic carbocycles. The van der Waals surface area contributed by atoms with Gasteiger partial charge in [-0.3, -0.25) is 4.79 Å². The number of nitrogens with two attached hydrogens (primary N) is 1. The molecule has 0 fully saturated rings. The summed E-state index contributed by atoms with van der Waals surface area (Å²) in [6.07, 6.45) is 0. The van der Waals surface area contributed by atoms with Gasteiger partial charge in [-0.25, -0.2) is 4.98 Å². The van der Waals surface area contributed by atoms with Gasteiger partial charge in [0.2, 0.25) is 0 Å². The summed E-state index contributed by atoms with van der Waals surface area (Å²) in [5.74, 6) is 0.151. The fourth-order valence-corrected chi connectivity index (χ4v) is 2.29. The minimum Gasteiger partial charge on any atom is -0.384 e. The maximum absolute atomic E-state index is 12.5. The Hall–Kier alpha value is -2.88. The smallest absolute Gasteiger partial charge is 0.256 e. The topological polar surface area (TPSA) is 68.0 Å². The second-order valence-corrected chi connectivity index (χ2v) is 4.88. The van der Waals surface area contributed by atoms with E-state index >= 15 is 0 Å². The van der Waals surface area contributed by atoms with Crippen LogP contribution in [0.15, 0.2) is 54.6 Å². The van der Waals surface area contributed by atoms with Crippen molar-refractivity contribution in [1.29, 1.82) is 0 Å². The number of para-hydroxylation sites is 2. The van der Waals surface area contributed by atoms with Crippen molar-refractivity contribution in [3.8, 4) is 0 Å². The van der Waals surface area contributed by atoms with Crippen LogP contribution in [0, 0.1) is 6.92 Å². The number of nitrogens with one attached hydrogen (secondary N) is 1. The van der Waals surface area contributed by atoms with Crippen molar-refractivity contribution in [2.45, 2.75) is 6.92 Å². The average molecular weight is 277 g/mol. The van der Waals surface area contributed by atoms with Gasteiger partial charge in [0.1, 0.15) is 5.82 Å². The second-order valence-electron chi connectivity index (χ2n) is 4.88. The molecule has 0 aliphatic heterocycles. The molecular formula is C17H15N3O. The lowest BCUT2D eigenvalue weighted by Crippen LogP contribution is -2.14. The van der Waals surface area contributed by atoms with Crippen molar-refractivity contribution in [1.82, 2.24) is 4.98 Å². The van der Waals surface area contributed by atoms with Gasteiger partial charge in [0.15, 0.2) is 0 Å². The number of fused-ring (bicyclic) bond motifs is 1. The minimum atomic E-state index is -0.186. The monoisotopic (exact) mass is 277 g/mol. The molecule has 4 heteroatoms. The lowest BCUT2D eigenvalue weighted by atomic mass is 10.1. The van der Waals surface area contributed by atoms with Crippen molar-refractivity contribution in [2.75, 3.05) is 11.1 Å². The molecule has 1 heterocycles. The quantitative estimate of drug-likeness (QED) is 0.754. The van der Waals surface area contributed by atoms with E-state index in [1.54, 1.807) is 6.07 Å². The maximum Gasteiger partial charge on any atom is 0.256 e. The number of nitrogens with zero attached hydrogens (tertiary/aromatic N) is 1. The summed E-state index contributed by atoms with van der Waals surface area (Å²) in [6.45, 7) is 1.95. The van der Waals surface area contributed by atoms with Gasteiger partial charge in [-0.2, -0.15) is 0 Å². The van der Waals surface area contributed by atoms with Crippen molar-refractivity contribution in [3.05, 3.63) is 65.7 Å². The third kappa shape index (κ3) is 2.56. The lowest BCUT2D eigenvalue weighted by molar-refractivity contribution is 0.102. The maximum atomic E-state index is 12.5. The molecule has 4 nitrogen and oxygen atoms in total.